The van der Waals surface area contributed by atoms with E-state index < -0.39 is 0 Å². The van der Waals surface area contributed by atoms with Gasteiger partial charge in [0.05, 0.1) is 6.54 Å². The van der Waals surface area contributed by atoms with E-state index in [9.17, 15) is 0 Å². The van der Waals surface area contributed by atoms with Crippen molar-refractivity contribution in [2.24, 2.45) is 0 Å². The Kier molecular flexibility index (Phi) is 6.45. The molecular weight excluding hydrogens is 238 g/mol. The highest BCUT2D eigenvalue weighted by Gasteiger charge is 2.12. The molecular formula is C14H29N5. The van der Waals surface area contributed by atoms with Crippen LogP contribution >= 0.6 is 0 Å². The van der Waals surface area contributed by atoms with Crippen LogP contribution in [0.15, 0.2) is 6.33 Å². The molecule has 110 valence electrons. The lowest BCUT2D eigenvalue weighted by molar-refractivity contribution is 0.175. The summed E-state index contributed by atoms with van der Waals surface area (Å²) in [4.78, 5) is 6.79. The third kappa shape index (κ3) is 4.91. The van der Waals surface area contributed by atoms with Gasteiger partial charge < -0.3 is 5.32 Å². The van der Waals surface area contributed by atoms with E-state index in [1.54, 1.807) is 6.33 Å². The van der Waals surface area contributed by atoms with Gasteiger partial charge in [0, 0.05) is 31.2 Å². The summed E-state index contributed by atoms with van der Waals surface area (Å²) in [5.74, 6) is 1.01. The van der Waals surface area contributed by atoms with Crippen molar-refractivity contribution in [2.45, 2.75) is 66.2 Å². The summed E-state index contributed by atoms with van der Waals surface area (Å²) in [5, 5.41) is 7.70. The van der Waals surface area contributed by atoms with Crippen LogP contribution in [0.5, 0.6) is 0 Å². The molecule has 0 saturated carbocycles. The summed E-state index contributed by atoms with van der Waals surface area (Å²) in [5.41, 5.74) is 0. The van der Waals surface area contributed by atoms with Gasteiger partial charge in [0.2, 0.25) is 0 Å². The first-order chi connectivity index (χ1) is 8.93. The quantitative estimate of drug-likeness (QED) is 0.732. The van der Waals surface area contributed by atoms with Gasteiger partial charge in [-0.25, -0.2) is 9.67 Å². The van der Waals surface area contributed by atoms with Crippen LogP contribution in [-0.2, 0) is 6.54 Å². The van der Waals surface area contributed by atoms with Crippen molar-refractivity contribution in [2.75, 3.05) is 13.1 Å². The average molecular weight is 267 g/mol. The van der Waals surface area contributed by atoms with Crippen molar-refractivity contribution >= 4 is 0 Å². The predicted molar refractivity (Wildman–Crippen MR) is 79.1 cm³/mol. The Morgan fingerprint density at radius 1 is 1.16 bits per heavy atom. The molecule has 19 heavy (non-hydrogen) atoms. The van der Waals surface area contributed by atoms with Gasteiger partial charge in [0.1, 0.15) is 12.2 Å². The number of nitrogens with zero attached hydrogens (tertiary/aromatic N) is 4. The van der Waals surface area contributed by atoms with Crippen molar-refractivity contribution in [3.63, 3.8) is 0 Å². The van der Waals surface area contributed by atoms with E-state index in [1.807, 2.05) is 4.68 Å². The molecule has 0 spiro atoms. The van der Waals surface area contributed by atoms with Gasteiger partial charge in [0.25, 0.3) is 0 Å². The molecule has 0 amide bonds. The summed E-state index contributed by atoms with van der Waals surface area (Å²) >= 11 is 0. The summed E-state index contributed by atoms with van der Waals surface area (Å²) in [6, 6.07) is 1.53. The Bertz CT molecular complexity index is 348. The minimum atomic E-state index is 0.363. The minimum absolute atomic E-state index is 0.363. The molecule has 1 N–H and O–H groups in total. The Labute approximate surface area is 117 Å². The van der Waals surface area contributed by atoms with Crippen LogP contribution in [0.25, 0.3) is 0 Å². The Morgan fingerprint density at radius 2 is 1.79 bits per heavy atom. The summed E-state index contributed by atoms with van der Waals surface area (Å²) in [6.07, 6.45) is 1.63. The monoisotopic (exact) mass is 267 g/mol. The van der Waals surface area contributed by atoms with Gasteiger partial charge in [-0.3, -0.25) is 4.90 Å². The predicted octanol–water partition coefficient (Wildman–Crippen LogP) is 2.07. The van der Waals surface area contributed by atoms with E-state index >= 15 is 0 Å². The largest absolute Gasteiger partial charge is 0.309 e. The molecule has 0 unspecified atom stereocenters. The van der Waals surface area contributed by atoms with E-state index in [2.05, 4.69) is 61.8 Å². The zero-order valence-corrected chi connectivity index (χ0v) is 13.2. The molecule has 1 heterocycles. The second-order valence-electron chi connectivity index (χ2n) is 5.82. The van der Waals surface area contributed by atoms with Gasteiger partial charge in [-0.2, -0.15) is 5.10 Å². The highest BCUT2D eigenvalue weighted by molar-refractivity contribution is 4.85. The van der Waals surface area contributed by atoms with Crippen LogP contribution in [0.3, 0.4) is 0 Å². The SMILES string of the molecule is CC(C)N(CCNCc1ncnn1C(C)C)C(C)C. The maximum atomic E-state index is 4.30. The zero-order valence-electron chi connectivity index (χ0n) is 13.2. The average Bonchev–Trinajstić information content (AvgIpc) is 2.75. The van der Waals surface area contributed by atoms with E-state index in [0.717, 1.165) is 25.5 Å². The molecule has 1 aromatic rings. The van der Waals surface area contributed by atoms with Gasteiger partial charge in [-0.05, 0) is 41.5 Å². The summed E-state index contributed by atoms with van der Waals surface area (Å²) in [6.45, 7) is 16.0. The molecule has 5 heteroatoms. The second kappa shape index (κ2) is 7.60. The maximum absolute atomic E-state index is 4.30. The zero-order chi connectivity index (χ0) is 14.4. The van der Waals surface area contributed by atoms with Crippen LogP contribution in [0.2, 0.25) is 0 Å². The molecule has 0 radical (unpaired) electrons. The molecule has 1 rings (SSSR count). The van der Waals surface area contributed by atoms with Crippen molar-refractivity contribution in [1.29, 1.82) is 0 Å². The number of nitrogens with one attached hydrogen (secondary N) is 1. The molecule has 0 aliphatic heterocycles. The highest BCUT2D eigenvalue weighted by atomic mass is 15.4. The molecule has 0 aromatic carbocycles. The third-order valence-electron chi connectivity index (χ3n) is 3.29. The molecule has 0 fully saturated rings. The second-order valence-corrected chi connectivity index (χ2v) is 5.82. The lowest BCUT2D eigenvalue weighted by Gasteiger charge is -2.30. The topological polar surface area (TPSA) is 46.0 Å². The normalized spacial score (nSPS) is 12.3. The number of hydrogen-bond donors (Lipinski definition) is 1. The van der Waals surface area contributed by atoms with Crippen LogP contribution in [-0.4, -0.2) is 44.8 Å². The lowest BCUT2D eigenvalue weighted by Crippen LogP contribution is -2.41. The summed E-state index contributed by atoms with van der Waals surface area (Å²) < 4.78 is 1.97. The molecule has 0 atom stereocenters. The van der Waals surface area contributed by atoms with Crippen LogP contribution in [0.1, 0.15) is 53.4 Å². The van der Waals surface area contributed by atoms with Crippen molar-refractivity contribution in [3.8, 4) is 0 Å². The fraction of sp³-hybridized carbons (Fsp3) is 0.857. The third-order valence-corrected chi connectivity index (χ3v) is 3.29. The Balaban J connectivity index is 2.36. The molecule has 0 aliphatic carbocycles. The van der Waals surface area contributed by atoms with E-state index in [4.69, 9.17) is 0 Å². The first-order valence-electron chi connectivity index (χ1n) is 7.28. The van der Waals surface area contributed by atoms with E-state index in [1.165, 1.54) is 0 Å². The molecule has 0 bridgehead atoms. The summed E-state index contributed by atoms with van der Waals surface area (Å²) in [7, 11) is 0. The molecule has 0 saturated heterocycles. The van der Waals surface area contributed by atoms with Crippen molar-refractivity contribution < 1.29 is 0 Å². The van der Waals surface area contributed by atoms with Gasteiger partial charge >= 0.3 is 0 Å². The fourth-order valence-electron chi connectivity index (χ4n) is 2.35. The van der Waals surface area contributed by atoms with Crippen LogP contribution < -0.4 is 5.32 Å². The van der Waals surface area contributed by atoms with Crippen molar-refractivity contribution in [3.05, 3.63) is 12.2 Å². The molecule has 5 nitrogen and oxygen atoms in total. The Morgan fingerprint density at radius 3 is 2.32 bits per heavy atom. The number of rotatable bonds is 8. The van der Waals surface area contributed by atoms with E-state index in [-0.39, 0.29) is 0 Å². The Hall–Kier alpha value is -0.940. The first-order valence-corrected chi connectivity index (χ1v) is 7.28. The van der Waals surface area contributed by atoms with Crippen LogP contribution in [0, 0.1) is 0 Å². The first kappa shape index (κ1) is 16.1. The molecule has 1 aromatic heterocycles. The number of aromatic nitrogens is 3. The van der Waals surface area contributed by atoms with Crippen molar-refractivity contribution in [1.82, 2.24) is 25.0 Å². The standard InChI is InChI=1S/C14H29N5/c1-11(2)18(12(3)4)8-7-15-9-14-16-10-17-19(14)13(5)6/h10-13,15H,7-9H2,1-6H3. The van der Waals surface area contributed by atoms with Gasteiger partial charge in [-0.15, -0.1) is 0 Å². The van der Waals surface area contributed by atoms with E-state index in [0.29, 0.717) is 18.1 Å². The minimum Gasteiger partial charge on any atom is -0.309 e. The molecule has 0 aliphatic rings. The smallest absolute Gasteiger partial charge is 0.141 e. The fourth-order valence-corrected chi connectivity index (χ4v) is 2.35. The van der Waals surface area contributed by atoms with Crippen LogP contribution in [0.4, 0.5) is 0 Å². The van der Waals surface area contributed by atoms with Gasteiger partial charge in [0.15, 0.2) is 0 Å². The number of hydrogen-bond acceptors (Lipinski definition) is 4. The lowest BCUT2D eigenvalue weighted by atomic mass is 10.2. The highest BCUT2D eigenvalue weighted by Crippen LogP contribution is 2.05. The van der Waals surface area contributed by atoms with Gasteiger partial charge in [-0.1, -0.05) is 0 Å². The maximum Gasteiger partial charge on any atom is 0.141 e.